The number of anilines is 2. The molecule has 130 valence electrons. The molecule has 0 fully saturated rings. The summed E-state index contributed by atoms with van der Waals surface area (Å²) in [5.41, 5.74) is -0.0400. The molecule has 1 aromatic rings. The Labute approximate surface area is 136 Å². The summed E-state index contributed by atoms with van der Waals surface area (Å²) in [6, 6.07) is 5.48. The molecule has 0 aliphatic heterocycles. The van der Waals surface area contributed by atoms with Gasteiger partial charge < -0.3 is 49.4 Å². The molecule has 0 bridgehead atoms. The minimum atomic E-state index is -1.59. The molecule has 24 heavy (non-hydrogen) atoms. The number of rotatable bonds is 10. The number of carbonyl (C=O) groups excluding carboxylic acids is 4. The minimum Gasteiger partial charge on any atom is -0.548 e. The van der Waals surface area contributed by atoms with E-state index >= 15 is 0 Å². The van der Waals surface area contributed by atoms with Gasteiger partial charge in [-0.3, -0.25) is 0 Å². The van der Waals surface area contributed by atoms with Crippen LogP contribution < -0.4 is 30.2 Å². The van der Waals surface area contributed by atoms with Crippen molar-refractivity contribution in [1.82, 2.24) is 0 Å². The highest BCUT2D eigenvalue weighted by Crippen LogP contribution is 2.28. The van der Waals surface area contributed by atoms with E-state index < -0.39 is 50.1 Å². The van der Waals surface area contributed by atoms with E-state index in [1.807, 2.05) is 0 Å². The van der Waals surface area contributed by atoms with Gasteiger partial charge in [0.1, 0.15) is 0 Å². The number of para-hydroxylation sites is 2. The number of nitrogens with zero attached hydrogens (tertiary/aromatic N) is 2. The molecule has 0 aliphatic rings. The highest BCUT2D eigenvalue weighted by molar-refractivity contribution is 5.86. The van der Waals surface area contributed by atoms with E-state index in [-0.39, 0.29) is 11.4 Å². The average Bonchev–Trinajstić information content (AvgIpc) is 2.44. The van der Waals surface area contributed by atoms with Crippen LogP contribution >= 0.6 is 0 Å². The number of aliphatic carboxylic acids is 4. The highest BCUT2D eigenvalue weighted by atomic mass is 16.4. The van der Waals surface area contributed by atoms with Gasteiger partial charge in [0, 0.05) is 0 Å². The largest absolute Gasteiger partial charge is 0.548 e. The molecule has 0 heterocycles. The number of benzene rings is 1. The number of hydrogen-bond donors (Lipinski definition) is 0. The Balaban J connectivity index is 3.30. The Morgan fingerprint density at radius 1 is 0.625 bits per heavy atom. The van der Waals surface area contributed by atoms with Crippen molar-refractivity contribution in [3.05, 3.63) is 24.3 Å². The molecule has 0 N–H and O–H groups in total. The third kappa shape index (κ3) is 5.83. The molecule has 0 aromatic heterocycles. The van der Waals surface area contributed by atoms with E-state index in [9.17, 15) is 39.6 Å². The molecule has 0 atom stereocenters. The van der Waals surface area contributed by atoms with Crippen molar-refractivity contribution in [1.29, 1.82) is 0 Å². The lowest BCUT2D eigenvalue weighted by Gasteiger charge is -2.33. The maximum Gasteiger partial charge on any atom is 0.0611 e. The van der Waals surface area contributed by atoms with Crippen LogP contribution in [0.4, 0.5) is 11.4 Å². The predicted octanol–water partition coefficient (Wildman–Crippen LogP) is -5.70. The second kappa shape index (κ2) is 8.36. The first-order valence-corrected chi connectivity index (χ1v) is 6.59. The Morgan fingerprint density at radius 3 is 1.08 bits per heavy atom. The van der Waals surface area contributed by atoms with Crippen LogP contribution in [0, 0.1) is 0 Å². The fraction of sp³-hybridized carbons (Fsp3) is 0.286. The summed E-state index contributed by atoms with van der Waals surface area (Å²) in [6.07, 6.45) is 0. The van der Waals surface area contributed by atoms with Crippen molar-refractivity contribution in [2.75, 3.05) is 36.0 Å². The van der Waals surface area contributed by atoms with Crippen LogP contribution in [0.15, 0.2) is 24.3 Å². The van der Waals surface area contributed by atoms with Gasteiger partial charge in [0.15, 0.2) is 0 Å². The van der Waals surface area contributed by atoms with Crippen molar-refractivity contribution in [3.8, 4) is 0 Å². The lowest BCUT2D eigenvalue weighted by atomic mass is 10.2. The van der Waals surface area contributed by atoms with Gasteiger partial charge in [0.2, 0.25) is 0 Å². The third-order valence-electron chi connectivity index (χ3n) is 2.84. The summed E-state index contributed by atoms with van der Waals surface area (Å²) in [4.78, 5) is 44.9. The number of carbonyl (C=O) groups is 4. The lowest BCUT2D eigenvalue weighted by molar-refractivity contribution is -0.307. The second-order valence-electron chi connectivity index (χ2n) is 4.69. The predicted molar refractivity (Wildman–Crippen MR) is 70.9 cm³/mol. The van der Waals surface area contributed by atoms with Gasteiger partial charge in [-0.1, -0.05) is 12.1 Å². The second-order valence-corrected chi connectivity index (χ2v) is 4.69. The van der Waals surface area contributed by atoms with E-state index in [2.05, 4.69) is 0 Å². The fourth-order valence-corrected chi connectivity index (χ4v) is 2.07. The minimum absolute atomic E-state index is 0.0200. The first-order valence-electron chi connectivity index (χ1n) is 6.59. The maximum atomic E-state index is 10.8. The average molecular weight is 336 g/mol. The molecule has 1 aromatic carbocycles. The zero-order valence-corrected chi connectivity index (χ0v) is 12.3. The standard InChI is InChI=1S/C14H16N2O8/c17-11(18)5-15(6-12(19)20)9-3-1-2-4-10(9)16(7-13(21)22)8-14(23)24/h1-4H,5-8H2,(H,17,18)(H,19,20)(H,21,22)(H,23,24)/p-4. The summed E-state index contributed by atoms with van der Waals surface area (Å²) in [5.74, 6) is -6.34. The van der Waals surface area contributed by atoms with Gasteiger partial charge in [-0.2, -0.15) is 0 Å². The Bertz CT molecular complexity index is 558. The third-order valence-corrected chi connectivity index (χ3v) is 2.84. The summed E-state index contributed by atoms with van der Waals surface area (Å²) in [7, 11) is 0. The summed E-state index contributed by atoms with van der Waals surface area (Å²) in [6.45, 7) is -3.30. The Kier molecular flexibility index (Phi) is 6.53. The first kappa shape index (κ1) is 18.7. The van der Waals surface area contributed by atoms with Gasteiger partial charge in [-0.25, -0.2) is 0 Å². The van der Waals surface area contributed by atoms with Crippen LogP contribution in [-0.4, -0.2) is 50.1 Å². The van der Waals surface area contributed by atoms with E-state index in [4.69, 9.17) is 0 Å². The van der Waals surface area contributed by atoms with E-state index in [1.54, 1.807) is 0 Å². The van der Waals surface area contributed by atoms with Crippen LogP contribution in [0.1, 0.15) is 0 Å². The van der Waals surface area contributed by atoms with Crippen molar-refractivity contribution in [2.45, 2.75) is 0 Å². The fourth-order valence-electron chi connectivity index (χ4n) is 2.07. The maximum absolute atomic E-state index is 10.8. The molecule has 0 saturated carbocycles. The zero-order chi connectivity index (χ0) is 18.3. The first-order chi connectivity index (χ1) is 11.2. The number of hydrogen-bond acceptors (Lipinski definition) is 10. The van der Waals surface area contributed by atoms with E-state index in [0.29, 0.717) is 0 Å². The molecule has 0 saturated heterocycles. The van der Waals surface area contributed by atoms with Crippen molar-refractivity contribution >= 4 is 35.3 Å². The zero-order valence-electron chi connectivity index (χ0n) is 12.3. The normalized spacial score (nSPS) is 10.0. The molecular formula is C14H12N2O8-4. The van der Waals surface area contributed by atoms with Crippen molar-refractivity contribution in [2.24, 2.45) is 0 Å². The van der Waals surface area contributed by atoms with E-state index in [1.165, 1.54) is 24.3 Å². The lowest BCUT2D eigenvalue weighted by Crippen LogP contribution is -2.47. The monoisotopic (exact) mass is 336 g/mol. The summed E-state index contributed by atoms with van der Waals surface area (Å²) < 4.78 is 0. The van der Waals surface area contributed by atoms with Gasteiger partial charge >= 0.3 is 0 Å². The van der Waals surface area contributed by atoms with Gasteiger partial charge in [0.05, 0.1) is 61.4 Å². The summed E-state index contributed by atoms with van der Waals surface area (Å²) in [5, 5.41) is 43.3. The van der Waals surface area contributed by atoms with Crippen LogP contribution in [0.25, 0.3) is 0 Å². The van der Waals surface area contributed by atoms with Crippen molar-refractivity contribution < 1.29 is 39.6 Å². The molecule has 10 nitrogen and oxygen atoms in total. The molecule has 0 radical (unpaired) electrons. The van der Waals surface area contributed by atoms with Crippen LogP contribution in [0.2, 0.25) is 0 Å². The molecular weight excluding hydrogens is 324 g/mol. The van der Waals surface area contributed by atoms with Gasteiger partial charge in [-0.05, 0) is 12.1 Å². The smallest absolute Gasteiger partial charge is 0.0611 e. The quantitative estimate of drug-likeness (QED) is 0.401. The molecule has 1 rings (SSSR count). The molecule has 0 amide bonds. The Hall–Kier alpha value is -3.30. The van der Waals surface area contributed by atoms with Crippen LogP contribution in [0.3, 0.4) is 0 Å². The topological polar surface area (TPSA) is 167 Å². The van der Waals surface area contributed by atoms with Crippen molar-refractivity contribution in [3.63, 3.8) is 0 Å². The summed E-state index contributed by atoms with van der Waals surface area (Å²) >= 11 is 0. The number of carboxylic acids is 4. The molecule has 10 heteroatoms. The van der Waals surface area contributed by atoms with Gasteiger partial charge in [-0.15, -0.1) is 0 Å². The molecule has 0 unspecified atom stereocenters. The van der Waals surface area contributed by atoms with Crippen LogP contribution in [0.5, 0.6) is 0 Å². The SMILES string of the molecule is O=C([O-])CN(CC(=O)[O-])c1ccccc1N(CC(=O)[O-])CC(=O)[O-]. The molecule has 0 spiro atoms. The van der Waals surface area contributed by atoms with E-state index in [0.717, 1.165) is 9.80 Å². The molecule has 0 aliphatic carbocycles. The number of carboxylic acid groups (broad SMARTS) is 4. The highest BCUT2D eigenvalue weighted by Gasteiger charge is 2.17. The van der Waals surface area contributed by atoms with Gasteiger partial charge in [0.25, 0.3) is 0 Å². The van der Waals surface area contributed by atoms with Crippen LogP contribution in [-0.2, 0) is 19.2 Å². The Morgan fingerprint density at radius 2 is 0.875 bits per heavy atom.